The third-order valence-electron chi connectivity index (χ3n) is 5.46. The first-order valence-corrected chi connectivity index (χ1v) is 12.6. The summed E-state index contributed by atoms with van der Waals surface area (Å²) in [6.45, 7) is 4.02. The fourth-order valence-electron chi connectivity index (χ4n) is 3.84. The summed E-state index contributed by atoms with van der Waals surface area (Å²) in [6, 6.07) is 6.74. The van der Waals surface area contributed by atoms with E-state index in [1.165, 1.54) is 0 Å². The molecule has 2 aromatic heterocycles. The van der Waals surface area contributed by atoms with Gasteiger partial charge in [-0.1, -0.05) is 17.7 Å². The second-order valence-electron chi connectivity index (χ2n) is 7.75. The molecule has 0 saturated carbocycles. The number of halogens is 3. The van der Waals surface area contributed by atoms with Crippen LogP contribution in [0.25, 0.3) is 0 Å². The Kier molecular flexibility index (Phi) is 6.80. The molecule has 0 unspecified atom stereocenters. The summed E-state index contributed by atoms with van der Waals surface area (Å²) in [5.74, 6) is -2.59. The van der Waals surface area contributed by atoms with Crippen molar-refractivity contribution in [3.63, 3.8) is 0 Å². The van der Waals surface area contributed by atoms with Crippen LogP contribution in [0.5, 0.6) is 0 Å². The second-order valence-corrected chi connectivity index (χ2v) is 10.5. The molecule has 13 heteroatoms. The Bertz CT molecular complexity index is 1260. The maximum Gasteiger partial charge on any atom is 0.269 e. The van der Waals surface area contributed by atoms with Crippen LogP contribution in [0.4, 0.5) is 19.6 Å². The Morgan fingerprint density at radius 1 is 1.36 bits per heavy atom. The predicted molar refractivity (Wildman–Crippen MR) is 123 cm³/mol. The zero-order valence-corrected chi connectivity index (χ0v) is 20.2. The standard InChI is InChI=1S/C20H21ClF2N6O2S2/c1-12-4-3-5-13(26-12)9-29-7-6-14(10-29)28(2)16-8-15(22)19(18(23)17(16)21)33(30,31)27-20-24-11-25-32-20/h3-5,8,11,14H,6-7,9-10H2,1-2H3,(H,24,25,27)/t14-/m0/s1. The van der Waals surface area contributed by atoms with Gasteiger partial charge < -0.3 is 4.90 Å². The van der Waals surface area contributed by atoms with Gasteiger partial charge in [-0.05, 0) is 25.5 Å². The quantitative estimate of drug-likeness (QED) is 0.481. The predicted octanol–water partition coefficient (Wildman–Crippen LogP) is 3.68. The van der Waals surface area contributed by atoms with Crippen LogP contribution >= 0.6 is 23.1 Å². The number of anilines is 2. The average Bonchev–Trinajstić information content (AvgIpc) is 3.42. The van der Waals surface area contributed by atoms with Crippen molar-refractivity contribution in [3.8, 4) is 0 Å². The number of benzene rings is 1. The molecule has 3 aromatic rings. The molecule has 1 saturated heterocycles. The molecule has 8 nitrogen and oxygen atoms in total. The van der Waals surface area contributed by atoms with Crippen LogP contribution < -0.4 is 9.62 Å². The van der Waals surface area contributed by atoms with Crippen LogP contribution in [0.15, 0.2) is 35.5 Å². The van der Waals surface area contributed by atoms with E-state index in [1.54, 1.807) is 11.9 Å². The largest absolute Gasteiger partial charge is 0.369 e. The molecule has 0 aliphatic carbocycles. The van der Waals surface area contributed by atoms with Gasteiger partial charge in [-0.15, -0.1) is 0 Å². The van der Waals surface area contributed by atoms with Crippen molar-refractivity contribution < 1.29 is 17.2 Å². The number of aromatic nitrogens is 3. The van der Waals surface area contributed by atoms with E-state index < -0.39 is 31.6 Å². The summed E-state index contributed by atoms with van der Waals surface area (Å²) in [6.07, 6.45) is 1.88. The van der Waals surface area contributed by atoms with Crippen molar-refractivity contribution in [1.29, 1.82) is 0 Å². The fourth-order valence-corrected chi connectivity index (χ4v) is 5.98. The maximum absolute atomic E-state index is 15.0. The fraction of sp³-hybridized carbons (Fsp3) is 0.350. The van der Waals surface area contributed by atoms with Gasteiger partial charge in [0.05, 0.1) is 11.4 Å². The maximum atomic E-state index is 15.0. The molecule has 3 heterocycles. The third kappa shape index (κ3) is 5.08. The first kappa shape index (κ1) is 23.7. The Labute approximate surface area is 199 Å². The summed E-state index contributed by atoms with van der Waals surface area (Å²) in [7, 11) is -2.90. The minimum atomic E-state index is -4.59. The summed E-state index contributed by atoms with van der Waals surface area (Å²) in [4.78, 5) is 10.9. The Balaban J connectivity index is 1.53. The smallest absolute Gasteiger partial charge is 0.269 e. The normalized spacial score (nSPS) is 16.8. The first-order chi connectivity index (χ1) is 15.7. The van der Waals surface area contributed by atoms with Crippen molar-refractivity contribution in [2.45, 2.75) is 30.8 Å². The molecule has 0 spiro atoms. The van der Waals surface area contributed by atoms with E-state index in [4.69, 9.17) is 11.6 Å². The SMILES string of the molecule is Cc1cccc(CN2CC[C@H](N(C)c3cc(F)c(S(=O)(=O)Nc4ncns4)c(F)c3Cl)C2)n1. The van der Waals surface area contributed by atoms with Gasteiger partial charge in [0.2, 0.25) is 5.13 Å². The van der Waals surface area contributed by atoms with E-state index in [1.807, 2.05) is 29.8 Å². The molecule has 1 aliphatic heterocycles. The van der Waals surface area contributed by atoms with E-state index in [-0.39, 0.29) is 16.9 Å². The van der Waals surface area contributed by atoms with Crippen molar-refractivity contribution in [3.05, 3.63) is 58.6 Å². The number of hydrogen-bond acceptors (Lipinski definition) is 8. The number of nitrogens with one attached hydrogen (secondary N) is 1. The van der Waals surface area contributed by atoms with Crippen LogP contribution in [-0.2, 0) is 16.6 Å². The number of aryl methyl sites for hydroxylation is 1. The highest BCUT2D eigenvalue weighted by molar-refractivity contribution is 7.93. The summed E-state index contributed by atoms with van der Waals surface area (Å²) in [5, 5.41) is -0.574. The van der Waals surface area contributed by atoms with Gasteiger partial charge in [0.1, 0.15) is 17.2 Å². The Morgan fingerprint density at radius 2 is 2.15 bits per heavy atom. The lowest BCUT2D eigenvalue weighted by atomic mass is 10.2. The molecular formula is C20H21ClF2N6O2S2. The summed E-state index contributed by atoms with van der Waals surface area (Å²) in [5.41, 5.74) is 1.97. The number of pyridine rings is 1. The molecule has 33 heavy (non-hydrogen) atoms. The van der Waals surface area contributed by atoms with Gasteiger partial charge in [0, 0.05) is 56.0 Å². The van der Waals surface area contributed by atoms with Crippen molar-refractivity contribution >= 4 is 44.0 Å². The van der Waals surface area contributed by atoms with Gasteiger partial charge >= 0.3 is 0 Å². The molecule has 0 amide bonds. The molecule has 4 rings (SSSR count). The van der Waals surface area contributed by atoms with Gasteiger partial charge in [-0.25, -0.2) is 22.2 Å². The van der Waals surface area contributed by atoms with Crippen molar-refractivity contribution in [1.82, 2.24) is 19.2 Å². The number of nitrogens with zero attached hydrogens (tertiary/aromatic N) is 5. The topological polar surface area (TPSA) is 91.3 Å². The average molecular weight is 515 g/mol. The Morgan fingerprint density at radius 3 is 2.85 bits per heavy atom. The zero-order valence-electron chi connectivity index (χ0n) is 17.8. The van der Waals surface area contributed by atoms with E-state index >= 15 is 4.39 Å². The highest BCUT2D eigenvalue weighted by Gasteiger charge is 2.32. The second kappa shape index (κ2) is 9.45. The molecule has 0 radical (unpaired) electrons. The monoisotopic (exact) mass is 514 g/mol. The van der Waals surface area contributed by atoms with Crippen LogP contribution in [0, 0.1) is 18.6 Å². The molecule has 1 N–H and O–H groups in total. The molecule has 1 fully saturated rings. The molecule has 1 aromatic carbocycles. The van der Waals surface area contributed by atoms with Gasteiger partial charge in [0.15, 0.2) is 10.7 Å². The zero-order chi connectivity index (χ0) is 23.8. The van der Waals surface area contributed by atoms with E-state index in [0.717, 1.165) is 48.3 Å². The lowest BCUT2D eigenvalue weighted by molar-refractivity contribution is 0.321. The number of sulfonamides is 1. The minimum Gasteiger partial charge on any atom is -0.369 e. The molecule has 176 valence electrons. The first-order valence-electron chi connectivity index (χ1n) is 10.0. The third-order valence-corrected chi connectivity index (χ3v) is 7.90. The number of likely N-dealkylation sites (tertiary alicyclic amines) is 1. The summed E-state index contributed by atoms with van der Waals surface area (Å²) >= 11 is 6.93. The lowest BCUT2D eigenvalue weighted by Crippen LogP contribution is -2.35. The summed E-state index contributed by atoms with van der Waals surface area (Å²) < 4.78 is 60.6. The van der Waals surface area contributed by atoms with Crippen molar-refractivity contribution in [2.75, 3.05) is 29.8 Å². The van der Waals surface area contributed by atoms with E-state index in [2.05, 4.69) is 19.2 Å². The number of likely N-dealkylation sites (N-methyl/N-ethyl adjacent to an activating group) is 1. The molecule has 1 aliphatic rings. The molecule has 1 atom stereocenters. The number of rotatable bonds is 7. The minimum absolute atomic E-state index is 0.0620. The van der Waals surface area contributed by atoms with Gasteiger partial charge in [-0.3, -0.25) is 14.6 Å². The van der Waals surface area contributed by atoms with Crippen LogP contribution in [0.2, 0.25) is 5.02 Å². The Hall–Kier alpha value is -2.41. The number of hydrogen-bond donors (Lipinski definition) is 1. The van der Waals surface area contributed by atoms with E-state index in [9.17, 15) is 12.8 Å². The lowest BCUT2D eigenvalue weighted by Gasteiger charge is -2.28. The highest BCUT2D eigenvalue weighted by Crippen LogP contribution is 2.36. The van der Waals surface area contributed by atoms with Crippen LogP contribution in [0.1, 0.15) is 17.8 Å². The van der Waals surface area contributed by atoms with E-state index in [0.29, 0.717) is 13.1 Å². The molecule has 0 bridgehead atoms. The molecular weight excluding hydrogens is 494 g/mol. The van der Waals surface area contributed by atoms with Gasteiger partial charge in [-0.2, -0.15) is 4.37 Å². The highest BCUT2D eigenvalue weighted by atomic mass is 35.5. The van der Waals surface area contributed by atoms with Gasteiger partial charge in [0.25, 0.3) is 10.0 Å². The van der Waals surface area contributed by atoms with Crippen LogP contribution in [-0.4, -0.2) is 53.8 Å². The van der Waals surface area contributed by atoms with Crippen molar-refractivity contribution in [2.24, 2.45) is 0 Å². The van der Waals surface area contributed by atoms with Crippen LogP contribution in [0.3, 0.4) is 0 Å².